The summed E-state index contributed by atoms with van der Waals surface area (Å²) < 4.78 is 0. The monoisotopic (exact) mass is 253 g/mol. The molecule has 0 saturated carbocycles. The van der Waals surface area contributed by atoms with Crippen LogP contribution in [0.1, 0.15) is 22.8 Å². The molecule has 94 valence electrons. The lowest BCUT2D eigenvalue weighted by Gasteiger charge is -2.06. The highest BCUT2D eigenvalue weighted by Crippen LogP contribution is 2.16. The van der Waals surface area contributed by atoms with Gasteiger partial charge < -0.3 is 10.2 Å². The molecule has 0 aliphatic rings. The van der Waals surface area contributed by atoms with Crippen molar-refractivity contribution in [2.75, 3.05) is 5.32 Å². The second kappa shape index (κ2) is 5.23. The largest absolute Gasteiger partial charge is 0.359 e. The predicted octanol–water partition coefficient (Wildman–Crippen LogP) is 2.68. The Kier molecular flexibility index (Phi) is 3.48. The molecule has 19 heavy (non-hydrogen) atoms. The average molecular weight is 253 g/mol. The van der Waals surface area contributed by atoms with E-state index in [-0.39, 0.29) is 11.6 Å². The maximum absolute atomic E-state index is 11.3. The number of rotatable bonds is 3. The quantitative estimate of drug-likeness (QED) is 0.672. The van der Waals surface area contributed by atoms with Crippen LogP contribution in [0.5, 0.6) is 0 Å². The van der Waals surface area contributed by atoms with Crippen LogP contribution in [-0.2, 0) is 0 Å². The van der Waals surface area contributed by atoms with E-state index in [1.165, 1.54) is 25.5 Å². The number of ketones is 1. The molecular formula is C13H11N5O. The molecule has 2 aromatic heterocycles. The van der Waals surface area contributed by atoms with Gasteiger partial charge in [-0.1, -0.05) is 6.57 Å². The van der Waals surface area contributed by atoms with E-state index in [1.54, 1.807) is 6.07 Å². The number of hydrogen-bond acceptors (Lipinski definition) is 5. The fourth-order valence-electron chi connectivity index (χ4n) is 1.57. The maximum atomic E-state index is 11.3. The van der Waals surface area contributed by atoms with E-state index in [9.17, 15) is 4.79 Å². The maximum Gasteiger partial charge on any atom is 0.288 e. The molecule has 0 spiro atoms. The van der Waals surface area contributed by atoms with Gasteiger partial charge in [0, 0.05) is 11.8 Å². The summed E-state index contributed by atoms with van der Waals surface area (Å²) in [7, 11) is 0. The first-order chi connectivity index (χ1) is 9.10. The molecule has 0 amide bonds. The molecule has 0 atom stereocenters. The molecular weight excluding hydrogens is 242 g/mol. The first-order valence-corrected chi connectivity index (χ1v) is 5.54. The number of hydrogen-bond donors (Lipinski definition) is 1. The topological polar surface area (TPSA) is 72.1 Å². The van der Waals surface area contributed by atoms with E-state index in [4.69, 9.17) is 6.57 Å². The van der Waals surface area contributed by atoms with Crippen molar-refractivity contribution < 1.29 is 4.79 Å². The standard InChI is InChI=1S/C13H11N5O/c1-8-4-11(15-5-10(8)9(2)19)18-13-7-16-12(14-3)6-17-13/h4-7H,1-2H3,(H,15,17,18). The third kappa shape index (κ3) is 2.90. The van der Waals surface area contributed by atoms with E-state index >= 15 is 0 Å². The number of aromatic nitrogens is 3. The lowest BCUT2D eigenvalue weighted by molar-refractivity contribution is 0.101. The minimum absolute atomic E-state index is 0.0160. The number of carbonyl (C=O) groups excluding carboxylic acids is 1. The third-order valence-electron chi connectivity index (χ3n) is 2.50. The van der Waals surface area contributed by atoms with E-state index in [0.717, 1.165) is 5.56 Å². The lowest BCUT2D eigenvalue weighted by atomic mass is 10.1. The summed E-state index contributed by atoms with van der Waals surface area (Å²) in [4.78, 5) is 26.5. The Balaban J connectivity index is 2.21. The third-order valence-corrected chi connectivity index (χ3v) is 2.50. The van der Waals surface area contributed by atoms with Crippen LogP contribution in [0.2, 0.25) is 0 Å². The summed E-state index contributed by atoms with van der Waals surface area (Å²) in [6, 6.07) is 1.77. The molecule has 6 heteroatoms. The highest BCUT2D eigenvalue weighted by Gasteiger charge is 2.06. The van der Waals surface area contributed by atoms with Gasteiger partial charge in [0.25, 0.3) is 5.82 Å². The van der Waals surface area contributed by atoms with E-state index in [0.29, 0.717) is 17.2 Å². The fourth-order valence-corrected chi connectivity index (χ4v) is 1.57. The number of anilines is 2. The fraction of sp³-hybridized carbons (Fsp3) is 0.154. The van der Waals surface area contributed by atoms with Crippen LogP contribution in [-0.4, -0.2) is 20.7 Å². The van der Waals surface area contributed by atoms with Crippen molar-refractivity contribution in [3.8, 4) is 0 Å². The summed E-state index contributed by atoms with van der Waals surface area (Å²) in [5.41, 5.74) is 1.44. The first-order valence-electron chi connectivity index (χ1n) is 5.54. The van der Waals surface area contributed by atoms with Gasteiger partial charge in [-0.2, -0.15) is 0 Å². The number of aryl methyl sites for hydroxylation is 1. The van der Waals surface area contributed by atoms with E-state index < -0.39 is 0 Å². The molecule has 0 radical (unpaired) electrons. The van der Waals surface area contributed by atoms with Gasteiger partial charge in [-0.25, -0.2) is 9.97 Å². The molecule has 0 fully saturated rings. The molecule has 0 aromatic carbocycles. The molecule has 0 saturated heterocycles. The zero-order valence-corrected chi connectivity index (χ0v) is 10.5. The van der Waals surface area contributed by atoms with Crippen molar-refractivity contribution in [1.82, 2.24) is 15.0 Å². The van der Waals surface area contributed by atoms with Crippen LogP contribution >= 0.6 is 0 Å². The summed E-state index contributed by atoms with van der Waals surface area (Å²) in [5.74, 6) is 1.29. The Morgan fingerprint density at radius 2 is 1.95 bits per heavy atom. The van der Waals surface area contributed by atoms with Gasteiger partial charge in [0.05, 0.1) is 6.20 Å². The first kappa shape index (κ1) is 12.6. The summed E-state index contributed by atoms with van der Waals surface area (Å²) >= 11 is 0. The Labute approximate surface area is 110 Å². The molecule has 1 N–H and O–H groups in total. The number of carbonyl (C=O) groups is 1. The summed E-state index contributed by atoms with van der Waals surface area (Å²) in [6.07, 6.45) is 4.37. The molecule has 0 bridgehead atoms. The smallest absolute Gasteiger partial charge is 0.288 e. The highest BCUT2D eigenvalue weighted by molar-refractivity contribution is 5.95. The Hall–Kier alpha value is -2.81. The van der Waals surface area contributed by atoms with Gasteiger partial charge in [0.15, 0.2) is 17.8 Å². The van der Waals surface area contributed by atoms with Crippen LogP contribution in [0, 0.1) is 13.5 Å². The van der Waals surface area contributed by atoms with Crippen molar-refractivity contribution >= 4 is 23.2 Å². The average Bonchev–Trinajstić information content (AvgIpc) is 2.39. The lowest BCUT2D eigenvalue weighted by Crippen LogP contribution is -2.01. The Bertz CT molecular complexity index is 658. The molecule has 2 rings (SSSR count). The number of nitrogens with zero attached hydrogens (tertiary/aromatic N) is 4. The normalized spacial score (nSPS) is 9.74. The van der Waals surface area contributed by atoms with Crippen molar-refractivity contribution in [3.63, 3.8) is 0 Å². The van der Waals surface area contributed by atoms with E-state index in [1.807, 2.05) is 6.92 Å². The number of nitrogens with one attached hydrogen (secondary N) is 1. The minimum Gasteiger partial charge on any atom is -0.359 e. The van der Waals surface area contributed by atoms with Gasteiger partial charge in [0.1, 0.15) is 5.82 Å². The van der Waals surface area contributed by atoms with Crippen LogP contribution in [0.3, 0.4) is 0 Å². The van der Waals surface area contributed by atoms with Gasteiger partial charge in [-0.15, -0.1) is 4.98 Å². The molecule has 2 heterocycles. The Morgan fingerprint density at radius 3 is 2.47 bits per heavy atom. The second-order valence-corrected chi connectivity index (χ2v) is 3.94. The summed E-state index contributed by atoms with van der Waals surface area (Å²) in [6.45, 7) is 10.1. The molecule has 0 unspecified atom stereocenters. The number of pyridine rings is 1. The van der Waals surface area contributed by atoms with Gasteiger partial charge in [-0.05, 0) is 25.5 Å². The SMILES string of the molecule is [C-]#[N+]c1cnc(Nc2cc(C)c(C(C)=O)cn2)cn1. The van der Waals surface area contributed by atoms with Crippen molar-refractivity contribution in [3.05, 3.63) is 47.2 Å². The van der Waals surface area contributed by atoms with Crippen LogP contribution in [0.15, 0.2) is 24.7 Å². The van der Waals surface area contributed by atoms with E-state index in [2.05, 4.69) is 25.1 Å². The van der Waals surface area contributed by atoms with Crippen molar-refractivity contribution in [2.45, 2.75) is 13.8 Å². The Morgan fingerprint density at radius 1 is 1.21 bits per heavy atom. The predicted molar refractivity (Wildman–Crippen MR) is 70.6 cm³/mol. The van der Waals surface area contributed by atoms with Crippen LogP contribution in [0.25, 0.3) is 4.85 Å². The second-order valence-electron chi connectivity index (χ2n) is 3.94. The van der Waals surface area contributed by atoms with Crippen LogP contribution < -0.4 is 5.32 Å². The molecule has 0 aliphatic heterocycles. The summed E-state index contributed by atoms with van der Waals surface area (Å²) in [5, 5.41) is 2.96. The van der Waals surface area contributed by atoms with Crippen molar-refractivity contribution in [2.24, 2.45) is 0 Å². The van der Waals surface area contributed by atoms with Crippen LogP contribution in [0.4, 0.5) is 17.5 Å². The zero-order chi connectivity index (χ0) is 13.8. The zero-order valence-electron chi connectivity index (χ0n) is 10.5. The highest BCUT2D eigenvalue weighted by atomic mass is 16.1. The van der Waals surface area contributed by atoms with Gasteiger partial charge in [-0.3, -0.25) is 4.79 Å². The molecule has 0 aliphatic carbocycles. The molecule has 6 nitrogen and oxygen atoms in total. The van der Waals surface area contributed by atoms with Crippen molar-refractivity contribution in [1.29, 1.82) is 0 Å². The minimum atomic E-state index is -0.0160. The number of Topliss-reactive ketones (excluding diaryl/α,β-unsaturated/α-hetero) is 1. The van der Waals surface area contributed by atoms with Gasteiger partial charge >= 0.3 is 0 Å². The molecule has 2 aromatic rings. The van der Waals surface area contributed by atoms with Gasteiger partial charge in [0.2, 0.25) is 0 Å².